The lowest BCUT2D eigenvalue weighted by molar-refractivity contribution is 0.0559. The van der Waals surface area contributed by atoms with Crippen molar-refractivity contribution in [3.05, 3.63) is 0 Å². The molecule has 0 aromatic rings. The van der Waals surface area contributed by atoms with Crippen molar-refractivity contribution in [2.75, 3.05) is 19.7 Å². The van der Waals surface area contributed by atoms with Gasteiger partial charge in [0.15, 0.2) is 0 Å². The van der Waals surface area contributed by atoms with Gasteiger partial charge in [0, 0.05) is 24.6 Å². The SMILES string of the molecule is CC(C)CCN(CC1(CO)CCCC1)C1CCCC1. The van der Waals surface area contributed by atoms with E-state index >= 15 is 0 Å². The fourth-order valence-electron chi connectivity index (χ4n) is 4.01. The van der Waals surface area contributed by atoms with Gasteiger partial charge in [0.1, 0.15) is 0 Å². The molecule has 0 unspecified atom stereocenters. The number of rotatable bonds is 7. The number of aliphatic hydroxyl groups is 1. The van der Waals surface area contributed by atoms with Crippen LogP contribution in [-0.2, 0) is 0 Å². The normalized spacial score (nSPS) is 23.8. The quantitative estimate of drug-likeness (QED) is 0.758. The van der Waals surface area contributed by atoms with Crippen molar-refractivity contribution >= 4 is 0 Å². The Balaban J connectivity index is 1.95. The standard InChI is InChI=1S/C17H33NO/c1-15(2)9-12-18(16-7-3-4-8-16)13-17(14-19)10-5-6-11-17/h15-16,19H,3-14H2,1-2H3. The first-order valence-electron chi connectivity index (χ1n) is 8.50. The highest BCUT2D eigenvalue weighted by Gasteiger charge is 2.37. The van der Waals surface area contributed by atoms with Crippen LogP contribution in [0.1, 0.15) is 71.6 Å². The highest BCUT2D eigenvalue weighted by Crippen LogP contribution is 2.39. The summed E-state index contributed by atoms with van der Waals surface area (Å²) in [7, 11) is 0. The first-order chi connectivity index (χ1) is 9.15. The molecule has 2 aliphatic carbocycles. The molecule has 0 aromatic carbocycles. The van der Waals surface area contributed by atoms with Crippen LogP contribution < -0.4 is 0 Å². The molecule has 0 bridgehead atoms. The third-order valence-corrected chi connectivity index (χ3v) is 5.37. The molecule has 2 nitrogen and oxygen atoms in total. The van der Waals surface area contributed by atoms with Crippen LogP contribution in [0.5, 0.6) is 0 Å². The topological polar surface area (TPSA) is 23.5 Å². The lowest BCUT2D eigenvalue weighted by Crippen LogP contribution is -2.44. The second-order valence-electron chi connectivity index (χ2n) is 7.46. The number of hydrogen-bond donors (Lipinski definition) is 1. The highest BCUT2D eigenvalue weighted by atomic mass is 16.3. The molecule has 0 aromatic heterocycles. The van der Waals surface area contributed by atoms with E-state index in [1.54, 1.807) is 0 Å². The van der Waals surface area contributed by atoms with Gasteiger partial charge in [-0.2, -0.15) is 0 Å². The fourth-order valence-corrected chi connectivity index (χ4v) is 4.01. The van der Waals surface area contributed by atoms with Crippen LogP contribution in [0.25, 0.3) is 0 Å². The zero-order chi connectivity index (χ0) is 13.7. The lowest BCUT2D eigenvalue weighted by atomic mass is 9.86. The van der Waals surface area contributed by atoms with Gasteiger partial charge in [0.25, 0.3) is 0 Å². The van der Waals surface area contributed by atoms with E-state index in [9.17, 15) is 5.11 Å². The number of nitrogens with zero attached hydrogens (tertiary/aromatic N) is 1. The van der Waals surface area contributed by atoms with Gasteiger partial charge in [-0.15, -0.1) is 0 Å². The van der Waals surface area contributed by atoms with E-state index in [0.717, 1.165) is 18.5 Å². The first-order valence-corrected chi connectivity index (χ1v) is 8.50. The summed E-state index contributed by atoms with van der Waals surface area (Å²) in [5, 5.41) is 9.86. The van der Waals surface area contributed by atoms with Gasteiger partial charge in [-0.25, -0.2) is 0 Å². The molecule has 2 aliphatic rings. The van der Waals surface area contributed by atoms with E-state index in [-0.39, 0.29) is 5.41 Å². The summed E-state index contributed by atoms with van der Waals surface area (Å²) in [5.74, 6) is 0.789. The molecule has 0 radical (unpaired) electrons. The number of aliphatic hydroxyl groups excluding tert-OH is 1. The van der Waals surface area contributed by atoms with Gasteiger partial charge >= 0.3 is 0 Å². The van der Waals surface area contributed by atoms with Crippen molar-refractivity contribution in [3.63, 3.8) is 0 Å². The highest BCUT2D eigenvalue weighted by molar-refractivity contribution is 4.90. The van der Waals surface area contributed by atoms with Crippen LogP contribution in [-0.4, -0.2) is 35.7 Å². The predicted octanol–water partition coefficient (Wildman–Crippen LogP) is 3.83. The maximum atomic E-state index is 9.86. The lowest BCUT2D eigenvalue weighted by Gasteiger charge is -2.38. The molecule has 0 heterocycles. The van der Waals surface area contributed by atoms with Crippen LogP contribution in [0.2, 0.25) is 0 Å². The van der Waals surface area contributed by atoms with E-state index in [2.05, 4.69) is 18.7 Å². The van der Waals surface area contributed by atoms with Crippen LogP contribution in [0.15, 0.2) is 0 Å². The zero-order valence-corrected chi connectivity index (χ0v) is 13.0. The molecule has 1 N–H and O–H groups in total. The Labute approximate surface area is 119 Å². The van der Waals surface area contributed by atoms with Crippen LogP contribution in [0.4, 0.5) is 0 Å². The molecule has 2 rings (SSSR count). The van der Waals surface area contributed by atoms with E-state index in [1.165, 1.54) is 64.3 Å². The summed E-state index contributed by atoms with van der Waals surface area (Å²) in [6.07, 6.45) is 12.0. The molecule has 0 amide bonds. The average Bonchev–Trinajstić information content (AvgIpc) is 3.06. The second kappa shape index (κ2) is 7.08. The Morgan fingerprint density at radius 3 is 2.26 bits per heavy atom. The molecule has 0 aliphatic heterocycles. The Bertz CT molecular complexity index is 252. The Hall–Kier alpha value is -0.0800. The zero-order valence-electron chi connectivity index (χ0n) is 13.0. The Morgan fingerprint density at radius 2 is 1.74 bits per heavy atom. The molecule has 0 atom stereocenters. The summed E-state index contributed by atoms with van der Waals surface area (Å²) in [6.45, 7) is 7.44. The summed E-state index contributed by atoms with van der Waals surface area (Å²) >= 11 is 0. The maximum absolute atomic E-state index is 9.86. The monoisotopic (exact) mass is 267 g/mol. The first kappa shape index (κ1) is 15.3. The molecule has 2 heteroatoms. The smallest absolute Gasteiger partial charge is 0.0499 e. The van der Waals surface area contributed by atoms with Crippen molar-refractivity contribution in [3.8, 4) is 0 Å². The number of hydrogen-bond acceptors (Lipinski definition) is 2. The van der Waals surface area contributed by atoms with Crippen molar-refractivity contribution in [1.29, 1.82) is 0 Å². The molecule has 0 saturated heterocycles. The predicted molar refractivity (Wildman–Crippen MR) is 81.3 cm³/mol. The van der Waals surface area contributed by atoms with Crippen molar-refractivity contribution < 1.29 is 5.11 Å². The minimum atomic E-state index is 0.236. The third-order valence-electron chi connectivity index (χ3n) is 5.37. The molecular weight excluding hydrogens is 234 g/mol. The summed E-state index contributed by atoms with van der Waals surface area (Å²) in [5.41, 5.74) is 0.236. The molecular formula is C17H33NO. The Kier molecular flexibility index (Phi) is 5.70. The van der Waals surface area contributed by atoms with E-state index in [0.29, 0.717) is 6.61 Å². The molecule has 112 valence electrons. The minimum Gasteiger partial charge on any atom is -0.396 e. The van der Waals surface area contributed by atoms with Gasteiger partial charge in [0.2, 0.25) is 0 Å². The van der Waals surface area contributed by atoms with Gasteiger partial charge in [-0.1, -0.05) is 39.5 Å². The fraction of sp³-hybridized carbons (Fsp3) is 1.00. The van der Waals surface area contributed by atoms with Crippen molar-refractivity contribution in [1.82, 2.24) is 4.90 Å². The van der Waals surface area contributed by atoms with Crippen LogP contribution in [0, 0.1) is 11.3 Å². The summed E-state index contributed by atoms with van der Waals surface area (Å²) < 4.78 is 0. The Morgan fingerprint density at radius 1 is 1.11 bits per heavy atom. The van der Waals surface area contributed by atoms with E-state index in [1.807, 2.05) is 0 Å². The molecule has 19 heavy (non-hydrogen) atoms. The van der Waals surface area contributed by atoms with Crippen LogP contribution >= 0.6 is 0 Å². The van der Waals surface area contributed by atoms with Crippen molar-refractivity contribution in [2.45, 2.75) is 77.7 Å². The van der Waals surface area contributed by atoms with E-state index in [4.69, 9.17) is 0 Å². The second-order valence-corrected chi connectivity index (χ2v) is 7.46. The molecule has 2 fully saturated rings. The third kappa shape index (κ3) is 4.19. The van der Waals surface area contributed by atoms with Gasteiger partial charge in [-0.05, 0) is 44.6 Å². The van der Waals surface area contributed by atoms with E-state index < -0.39 is 0 Å². The van der Waals surface area contributed by atoms with Gasteiger partial charge in [-0.3, -0.25) is 4.90 Å². The average molecular weight is 267 g/mol. The molecule has 0 spiro atoms. The van der Waals surface area contributed by atoms with Gasteiger partial charge in [0.05, 0.1) is 0 Å². The van der Waals surface area contributed by atoms with Crippen LogP contribution in [0.3, 0.4) is 0 Å². The van der Waals surface area contributed by atoms with Crippen molar-refractivity contribution in [2.24, 2.45) is 11.3 Å². The molecule has 2 saturated carbocycles. The maximum Gasteiger partial charge on any atom is 0.0499 e. The largest absolute Gasteiger partial charge is 0.396 e. The summed E-state index contributed by atoms with van der Waals surface area (Å²) in [4.78, 5) is 2.74. The minimum absolute atomic E-state index is 0.236. The van der Waals surface area contributed by atoms with Gasteiger partial charge < -0.3 is 5.11 Å². The summed E-state index contributed by atoms with van der Waals surface area (Å²) in [6, 6.07) is 0.808.